The van der Waals surface area contributed by atoms with Crippen LogP contribution >= 0.6 is 0 Å². The van der Waals surface area contributed by atoms with Gasteiger partial charge < -0.3 is 15.2 Å². The summed E-state index contributed by atoms with van der Waals surface area (Å²) in [6.07, 6.45) is 8.61. The Balaban J connectivity index is 1.28. The molecule has 6 rings (SSSR count). The first-order chi connectivity index (χ1) is 24.6. The van der Waals surface area contributed by atoms with Crippen LogP contribution in [0.25, 0.3) is 33.3 Å². The van der Waals surface area contributed by atoms with Crippen LogP contribution in [0.15, 0.2) is 61.1 Å². The fourth-order valence-corrected chi connectivity index (χ4v) is 6.95. The van der Waals surface area contributed by atoms with Crippen molar-refractivity contribution < 1.29 is 35.9 Å². The summed E-state index contributed by atoms with van der Waals surface area (Å²) in [6.45, 7) is 5.62. The molecular weight excluding hydrogens is 700 g/mol. The van der Waals surface area contributed by atoms with E-state index >= 15 is 0 Å². The second-order valence-electron chi connectivity index (χ2n) is 13.8. The van der Waals surface area contributed by atoms with E-state index in [-0.39, 0.29) is 41.8 Å². The highest BCUT2D eigenvalue weighted by Crippen LogP contribution is 2.40. The Labute approximate surface area is 299 Å². The number of nitrogens with two attached hydrogens (primary N) is 1. The molecule has 0 aliphatic heterocycles. The zero-order valence-corrected chi connectivity index (χ0v) is 30.0. The van der Waals surface area contributed by atoms with E-state index in [2.05, 4.69) is 10.1 Å². The van der Waals surface area contributed by atoms with Gasteiger partial charge in [0.25, 0.3) is 10.0 Å². The molecule has 3 heterocycles. The van der Waals surface area contributed by atoms with E-state index in [9.17, 15) is 26.4 Å². The first-order valence-corrected chi connectivity index (χ1v) is 18.3. The van der Waals surface area contributed by atoms with Crippen LogP contribution < -0.4 is 15.2 Å². The number of aryl methyl sites for hydroxylation is 1. The van der Waals surface area contributed by atoms with Crippen LogP contribution in [0.5, 0.6) is 5.75 Å². The number of anilines is 2. The van der Waals surface area contributed by atoms with Gasteiger partial charge in [0.05, 0.1) is 41.4 Å². The van der Waals surface area contributed by atoms with Gasteiger partial charge in [-0.2, -0.15) is 19.0 Å². The minimum Gasteiger partial charge on any atom is -0.491 e. The van der Waals surface area contributed by atoms with Crippen LogP contribution in [0.3, 0.4) is 0 Å². The summed E-state index contributed by atoms with van der Waals surface area (Å²) in [5.74, 6) is -4.20. The Morgan fingerprint density at radius 1 is 1.06 bits per heavy atom. The molecule has 2 aromatic carbocycles. The lowest BCUT2D eigenvalue weighted by atomic mass is 9.86. The number of aromatic nitrogens is 5. The average Bonchev–Trinajstić information content (AvgIpc) is 3.72. The van der Waals surface area contributed by atoms with Gasteiger partial charge in [0.15, 0.2) is 0 Å². The number of alkyl halides is 2. The number of nitrogens with zero attached hydrogens (tertiary/aromatic N) is 5. The standard InChI is InChI=1S/C36H40F3N7O5S/c1-36(2,3)51-34(47)22-7-12-26(13-8-22)46-20-24(18-42-46)27-19-41-33(40)30-31(43-45(4)32(27)30)23-9-14-28(44-52(48,49)35(38)39)29(17-23)50-16-15-21-5-10-25(37)11-6-21/h5-6,9-11,14,17-20,22,26,35,44H,7-8,12-13,15-16H2,1-4H3,(H2,40,41). The number of esters is 1. The largest absolute Gasteiger partial charge is 0.491 e. The maximum Gasteiger partial charge on any atom is 0.355 e. The third-order valence-corrected chi connectivity index (χ3v) is 9.89. The lowest BCUT2D eigenvalue weighted by Gasteiger charge is -2.29. The van der Waals surface area contributed by atoms with E-state index in [0.717, 1.165) is 29.5 Å². The topological polar surface area (TPSA) is 156 Å². The van der Waals surface area contributed by atoms with Crippen LogP contribution in [-0.4, -0.2) is 56.9 Å². The monoisotopic (exact) mass is 739 g/mol. The molecule has 1 fully saturated rings. The summed E-state index contributed by atoms with van der Waals surface area (Å²) in [5.41, 5.74) is 9.50. The van der Waals surface area contributed by atoms with E-state index in [1.165, 1.54) is 30.3 Å². The maximum atomic E-state index is 13.4. The lowest BCUT2D eigenvalue weighted by Crippen LogP contribution is -2.31. The smallest absolute Gasteiger partial charge is 0.355 e. The van der Waals surface area contributed by atoms with Crippen molar-refractivity contribution in [1.82, 2.24) is 24.5 Å². The highest BCUT2D eigenvalue weighted by atomic mass is 32.2. The molecule has 5 aromatic rings. The molecule has 52 heavy (non-hydrogen) atoms. The summed E-state index contributed by atoms with van der Waals surface area (Å²) in [6, 6.07) is 10.2. The van der Waals surface area contributed by atoms with E-state index < -0.39 is 27.2 Å². The van der Waals surface area contributed by atoms with Gasteiger partial charge in [-0.15, -0.1) is 0 Å². The van der Waals surface area contributed by atoms with Crippen LogP contribution in [0.4, 0.5) is 24.7 Å². The molecule has 1 aliphatic carbocycles. The SMILES string of the molecule is Cn1nc(-c2ccc(NS(=O)(=O)C(F)F)c(OCCc3ccc(F)cc3)c2)c2c(N)ncc(-c3cnn(C4CCC(C(=O)OC(C)(C)C)CC4)c3)c21. The van der Waals surface area contributed by atoms with Crippen molar-refractivity contribution in [2.75, 3.05) is 17.1 Å². The molecule has 276 valence electrons. The van der Waals surface area contributed by atoms with E-state index in [0.29, 0.717) is 41.4 Å². The van der Waals surface area contributed by atoms with Gasteiger partial charge in [-0.1, -0.05) is 18.2 Å². The molecule has 1 saturated carbocycles. The predicted molar refractivity (Wildman–Crippen MR) is 191 cm³/mol. The van der Waals surface area contributed by atoms with Crippen LogP contribution in [-0.2, 0) is 33.0 Å². The van der Waals surface area contributed by atoms with Gasteiger partial charge >= 0.3 is 11.7 Å². The Hall–Kier alpha value is -5.12. The van der Waals surface area contributed by atoms with E-state index in [4.69, 9.17) is 20.3 Å². The number of ether oxygens (including phenoxy) is 2. The average molecular weight is 740 g/mol. The minimum absolute atomic E-state index is 0.0204. The molecule has 0 amide bonds. The number of benzene rings is 2. The second kappa shape index (κ2) is 14.5. The minimum atomic E-state index is -5.01. The summed E-state index contributed by atoms with van der Waals surface area (Å²) >= 11 is 0. The van der Waals surface area contributed by atoms with E-state index in [1.807, 2.05) is 36.4 Å². The highest BCUT2D eigenvalue weighted by Gasteiger charge is 2.31. The number of nitrogens with one attached hydrogen (secondary N) is 1. The van der Waals surface area contributed by atoms with Gasteiger partial charge in [0.2, 0.25) is 0 Å². The molecule has 16 heteroatoms. The molecule has 0 saturated heterocycles. The third kappa shape index (κ3) is 8.01. The molecule has 12 nitrogen and oxygen atoms in total. The molecule has 3 N–H and O–H groups in total. The van der Waals surface area contributed by atoms with Crippen LogP contribution in [0.1, 0.15) is 58.1 Å². The fraction of sp³-hybridized carbons (Fsp3) is 0.389. The number of sulfonamides is 1. The van der Waals surface area contributed by atoms with Crippen molar-refractivity contribution in [3.05, 3.63) is 72.4 Å². The Morgan fingerprint density at radius 2 is 1.77 bits per heavy atom. The van der Waals surface area contributed by atoms with Gasteiger partial charge in [-0.05, 0) is 76.3 Å². The van der Waals surface area contributed by atoms with Crippen LogP contribution in [0, 0.1) is 11.7 Å². The number of fused-ring (bicyclic) bond motifs is 1. The van der Waals surface area contributed by atoms with Crippen LogP contribution in [0.2, 0.25) is 0 Å². The molecule has 3 aromatic heterocycles. The molecule has 0 bridgehead atoms. The molecule has 0 spiro atoms. The summed E-state index contributed by atoms with van der Waals surface area (Å²) in [4.78, 5) is 17.1. The number of halogens is 3. The lowest BCUT2D eigenvalue weighted by molar-refractivity contribution is -0.161. The Bertz CT molecular complexity index is 2190. The zero-order chi connectivity index (χ0) is 37.4. The highest BCUT2D eigenvalue weighted by molar-refractivity contribution is 7.93. The first kappa shape index (κ1) is 36.7. The van der Waals surface area contributed by atoms with Gasteiger partial charge in [0.1, 0.15) is 28.7 Å². The fourth-order valence-electron chi connectivity index (χ4n) is 6.39. The van der Waals surface area contributed by atoms with Crippen molar-refractivity contribution in [3.8, 4) is 28.1 Å². The van der Waals surface area contributed by atoms with Crippen molar-refractivity contribution in [1.29, 1.82) is 0 Å². The summed E-state index contributed by atoms with van der Waals surface area (Å²) in [7, 11) is -3.26. The summed E-state index contributed by atoms with van der Waals surface area (Å²) in [5, 5.41) is 9.91. The van der Waals surface area contributed by atoms with Crippen molar-refractivity contribution in [2.24, 2.45) is 13.0 Å². The third-order valence-electron chi connectivity index (χ3n) is 8.92. The van der Waals surface area contributed by atoms with Crippen molar-refractivity contribution in [3.63, 3.8) is 0 Å². The number of hydrogen-bond acceptors (Lipinski definition) is 9. The Morgan fingerprint density at radius 3 is 2.44 bits per heavy atom. The molecule has 0 unspecified atom stereocenters. The number of pyridine rings is 1. The number of hydrogen-bond donors (Lipinski definition) is 2. The predicted octanol–water partition coefficient (Wildman–Crippen LogP) is 6.88. The normalized spacial score (nSPS) is 16.7. The quantitative estimate of drug-likeness (QED) is 0.138. The van der Waals surface area contributed by atoms with Gasteiger partial charge in [-0.25, -0.2) is 17.8 Å². The molecule has 1 aliphatic rings. The number of carbonyl (C=O) groups excluding carboxylic acids is 1. The van der Waals surface area contributed by atoms with Crippen molar-refractivity contribution in [2.45, 2.75) is 70.3 Å². The van der Waals surface area contributed by atoms with Gasteiger partial charge in [-0.3, -0.25) is 18.9 Å². The maximum absolute atomic E-state index is 13.4. The number of rotatable bonds is 11. The first-order valence-electron chi connectivity index (χ1n) is 16.8. The molecule has 0 atom stereocenters. The van der Waals surface area contributed by atoms with E-state index in [1.54, 1.807) is 36.3 Å². The molecular formula is C36H40F3N7O5S. The van der Waals surface area contributed by atoms with Gasteiger partial charge in [0, 0.05) is 42.6 Å². The molecule has 0 radical (unpaired) electrons. The zero-order valence-electron chi connectivity index (χ0n) is 29.1. The number of carbonyl (C=O) groups is 1. The number of nitrogen functional groups attached to an aromatic ring is 1. The summed E-state index contributed by atoms with van der Waals surface area (Å²) < 4.78 is 81.2. The van der Waals surface area contributed by atoms with Crippen molar-refractivity contribution >= 4 is 38.4 Å². The Kier molecular flexibility index (Phi) is 10.2. The second-order valence-corrected chi connectivity index (χ2v) is 15.5.